The number of hydrogen-bond donors (Lipinski definition) is 2. The molecule has 114 valence electrons. The largest absolute Gasteiger partial charge is 0.491 e. The Morgan fingerprint density at radius 1 is 1.33 bits per heavy atom. The van der Waals surface area contributed by atoms with Crippen molar-refractivity contribution >= 4 is 5.97 Å². The average molecular weight is 289 g/mol. The lowest BCUT2D eigenvalue weighted by molar-refractivity contribution is 0.0693. The van der Waals surface area contributed by atoms with Gasteiger partial charge in [-0.3, -0.25) is 0 Å². The topological polar surface area (TPSA) is 58.6 Å². The average Bonchev–Trinajstić information content (AvgIpc) is 2.69. The predicted octanol–water partition coefficient (Wildman–Crippen LogP) is 3.09. The zero-order valence-corrected chi connectivity index (χ0v) is 13.0. The minimum Gasteiger partial charge on any atom is -0.491 e. The fourth-order valence-electron chi connectivity index (χ4n) is 3.14. The molecule has 0 amide bonds. The van der Waals surface area contributed by atoms with Crippen molar-refractivity contribution in [3.05, 3.63) is 28.8 Å². The molecule has 1 saturated carbocycles. The summed E-state index contributed by atoms with van der Waals surface area (Å²) >= 11 is 0. The third-order valence-corrected chi connectivity index (χ3v) is 4.86. The molecule has 1 aliphatic heterocycles. The number of benzene rings is 1. The molecule has 1 fully saturated rings. The van der Waals surface area contributed by atoms with Crippen LogP contribution in [0, 0.1) is 0 Å². The van der Waals surface area contributed by atoms with E-state index in [1.807, 2.05) is 0 Å². The summed E-state index contributed by atoms with van der Waals surface area (Å²) in [6, 6.07) is 3.85. The molecule has 0 bridgehead atoms. The summed E-state index contributed by atoms with van der Waals surface area (Å²) in [4.78, 5) is 11.5. The first kappa shape index (κ1) is 14.4. The van der Waals surface area contributed by atoms with Crippen molar-refractivity contribution in [2.24, 2.45) is 0 Å². The van der Waals surface area contributed by atoms with Crippen molar-refractivity contribution in [1.29, 1.82) is 0 Å². The third kappa shape index (κ3) is 2.53. The van der Waals surface area contributed by atoms with Crippen LogP contribution in [0.3, 0.4) is 0 Å². The highest BCUT2D eigenvalue weighted by Gasteiger charge is 2.36. The molecule has 0 atom stereocenters. The van der Waals surface area contributed by atoms with E-state index in [1.54, 1.807) is 6.07 Å². The van der Waals surface area contributed by atoms with Crippen LogP contribution in [-0.4, -0.2) is 23.2 Å². The van der Waals surface area contributed by atoms with Crippen LogP contribution in [0.2, 0.25) is 0 Å². The van der Waals surface area contributed by atoms with Gasteiger partial charge < -0.3 is 15.2 Å². The first-order chi connectivity index (χ1) is 9.81. The lowest BCUT2D eigenvalue weighted by Crippen LogP contribution is -2.47. The lowest BCUT2D eigenvalue weighted by Gasteiger charge is -2.39. The van der Waals surface area contributed by atoms with Crippen molar-refractivity contribution in [3.63, 3.8) is 0 Å². The first-order valence-corrected chi connectivity index (χ1v) is 7.59. The number of hydrogen-bond acceptors (Lipinski definition) is 3. The Bertz CT molecular complexity index is 588. The van der Waals surface area contributed by atoms with Gasteiger partial charge in [-0.05, 0) is 37.8 Å². The molecule has 1 aromatic carbocycles. The van der Waals surface area contributed by atoms with Gasteiger partial charge in [-0.15, -0.1) is 0 Å². The molecule has 0 radical (unpaired) electrons. The van der Waals surface area contributed by atoms with Gasteiger partial charge >= 0.3 is 5.97 Å². The van der Waals surface area contributed by atoms with Gasteiger partial charge in [0.2, 0.25) is 0 Å². The number of carboxylic acid groups (broad SMARTS) is 1. The van der Waals surface area contributed by atoms with Crippen molar-refractivity contribution in [2.75, 3.05) is 6.61 Å². The molecule has 4 heteroatoms. The van der Waals surface area contributed by atoms with E-state index in [4.69, 9.17) is 4.74 Å². The van der Waals surface area contributed by atoms with Crippen LogP contribution >= 0.6 is 0 Å². The molecule has 3 rings (SSSR count). The smallest absolute Gasteiger partial charge is 0.339 e. The Labute approximate surface area is 125 Å². The number of aromatic carboxylic acids is 1. The van der Waals surface area contributed by atoms with Crippen LogP contribution in [0.5, 0.6) is 5.75 Å². The Hall–Kier alpha value is -1.55. The van der Waals surface area contributed by atoms with Crippen LogP contribution in [0.15, 0.2) is 12.1 Å². The maximum Gasteiger partial charge on any atom is 0.339 e. The van der Waals surface area contributed by atoms with Crippen molar-refractivity contribution in [3.8, 4) is 5.75 Å². The van der Waals surface area contributed by atoms with E-state index in [9.17, 15) is 9.90 Å². The van der Waals surface area contributed by atoms with E-state index in [0.717, 1.165) is 11.1 Å². The monoisotopic (exact) mass is 289 g/mol. The highest BCUT2D eigenvalue weighted by atomic mass is 16.5. The SMILES string of the molecule is CC1(NCc2cc(C(=O)O)c3c(c2)C(C)(C)CO3)CCC1. The molecule has 0 saturated heterocycles. The number of nitrogens with one attached hydrogen (secondary N) is 1. The number of carbonyl (C=O) groups is 1. The Morgan fingerprint density at radius 3 is 2.62 bits per heavy atom. The number of rotatable bonds is 4. The minimum absolute atomic E-state index is 0.129. The van der Waals surface area contributed by atoms with E-state index >= 15 is 0 Å². The second-order valence-corrected chi connectivity index (χ2v) is 7.27. The molecule has 1 aromatic rings. The second-order valence-electron chi connectivity index (χ2n) is 7.27. The molecular weight excluding hydrogens is 266 g/mol. The van der Waals surface area contributed by atoms with Crippen molar-refractivity contribution < 1.29 is 14.6 Å². The van der Waals surface area contributed by atoms with Gasteiger partial charge in [-0.2, -0.15) is 0 Å². The van der Waals surface area contributed by atoms with Crippen LogP contribution < -0.4 is 10.1 Å². The highest BCUT2D eigenvalue weighted by Crippen LogP contribution is 2.41. The summed E-state index contributed by atoms with van der Waals surface area (Å²) in [5.74, 6) is -0.369. The molecular formula is C17H23NO3. The Morgan fingerprint density at radius 2 is 2.05 bits per heavy atom. The predicted molar refractivity (Wildman–Crippen MR) is 81.0 cm³/mol. The van der Waals surface area contributed by atoms with E-state index in [-0.39, 0.29) is 16.5 Å². The van der Waals surface area contributed by atoms with Crippen LogP contribution in [0.25, 0.3) is 0 Å². The molecule has 2 aliphatic rings. The maximum atomic E-state index is 11.5. The van der Waals surface area contributed by atoms with Crippen LogP contribution in [-0.2, 0) is 12.0 Å². The first-order valence-electron chi connectivity index (χ1n) is 7.59. The molecule has 4 nitrogen and oxygen atoms in total. The molecule has 0 aromatic heterocycles. The third-order valence-electron chi connectivity index (χ3n) is 4.86. The molecule has 21 heavy (non-hydrogen) atoms. The quantitative estimate of drug-likeness (QED) is 0.894. The zero-order chi connectivity index (χ0) is 15.3. The number of carboxylic acids is 1. The summed E-state index contributed by atoms with van der Waals surface area (Å²) in [6.07, 6.45) is 3.66. The number of fused-ring (bicyclic) bond motifs is 1. The Balaban J connectivity index is 1.91. The molecule has 1 heterocycles. The highest BCUT2D eigenvalue weighted by molar-refractivity contribution is 5.92. The standard InChI is InChI=1S/C17H23NO3/c1-16(2)10-21-14-12(15(19)20)7-11(8-13(14)16)9-18-17(3)5-4-6-17/h7-8,18H,4-6,9-10H2,1-3H3,(H,19,20). The van der Waals surface area contributed by atoms with Crippen LogP contribution in [0.4, 0.5) is 0 Å². The van der Waals surface area contributed by atoms with Gasteiger partial charge in [0.1, 0.15) is 11.3 Å². The maximum absolute atomic E-state index is 11.5. The fraction of sp³-hybridized carbons (Fsp3) is 0.588. The summed E-state index contributed by atoms with van der Waals surface area (Å²) in [5.41, 5.74) is 2.41. The van der Waals surface area contributed by atoms with Gasteiger partial charge in [0.15, 0.2) is 0 Å². The summed E-state index contributed by atoms with van der Waals surface area (Å²) in [7, 11) is 0. The molecule has 1 aliphatic carbocycles. The second kappa shape index (κ2) is 4.73. The van der Waals surface area contributed by atoms with Crippen molar-refractivity contribution in [1.82, 2.24) is 5.32 Å². The minimum atomic E-state index is -0.916. The summed E-state index contributed by atoms with van der Waals surface area (Å²) < 4.78 is 5.64. The van der Waals surface area contributed by atoms with Gasteiger partial charge in [-0.25, -0.2) is 4.79 Å². The summed E-state index contributed by atoms with van der Waals surface area (Å²) in [5, 5.41) is 13.0. The van der Waals surface area contributed by atoms with Gasteiger partial charge in [0, 0.05) is 23.1 Å². The summed E-state index contributed by atoms with van der Waals surface area (Å²) in [6.45, 7) is 7.66. The van der Waals surface area contributed by atoms with Crippen LogP contribution in [0.1, 0.15) is 61.5 Å². The van der Waals surface area contributed by atoms with Crippen molar-refractivity contribution in [2.45, 2.75) is 57.5 Å². The van der Waals surface area contributed by atoms with Gasteiger partial charge in [0.05, 0.1) is 6.61 Å². The van der Waals surface area contributed by atoms with E-state index < -0.39 is 5.97 Å². The molecule has 0 spiro atoms. The molecule has 0 unspecified atom stereocenters. The molecule has 2 N–H and O–H groups in total. The van der Waals surface area contributed by atoms with Gasteiger partial charge in [-0.1, -0.05) is 19.9 Å². The van der Waals surface area contributed by atoms with E-state index in [2.05, 4.69) is 32.2 Å². The normalized spacial score (nSPS) is 21.3. The Kier molecular flexibility index (Phi) is 3.24. The fourth-order valence-corrected chi connectivity index (χ4v) is 3.14. The van der Waals surface area contributed by atoms with E-state index in [0.29, 0.717) is 18.9 Å². The zero-order valence-electron chi connectivity index (χ0n) is 13.0. The lowest BCUT2D eigenvalue weighted by atomic mass is 9.78. The van der Waals surface area contributed by atoms with Gasteiger partial charge in [0.25, 0.3) is 0 Å². The number of ether oxygens (including phenoxy) is 1. The van der Waals surface area contributed by atoms with E-state index in [1.165, 1.54) is 19.3 Å².